The third-order valence-electron chi connectivity index (χ3n) is 2.57. The first-order valence-corrected chi connectivity index (χ1v) is 6.70. The molecule has 0 unspecified atom stereocenters. The highest BCUT2D eigenvalue weighted by Gasteiger charge is 2.28. The summed E-state index contributed by atoms with van der Waals surface area (Å²) in [5, 5.41) is 0. The summed E-state index contributed by atoms with van der Waals surface area (Å²) < 4.78 is 68.0. The van der Waals surface area contributed by atoms with Gasteiger partial charge in [-0.2, -0.15) is 4.31 Å². The van der Waals surface area contributed by atoms with Gasteiger partial charge in [-0.05, 0) is 6.07 Å². The molecule has 1 aromatic rings. The molecule has 1 aliphatic heterocycles. The summed E-state index contributed by atoms with van der Waals surface area (Å²) in [6, 6.07) is 1.79. The van der Waals surface area contributed by atoms with E-state index in [1.54, 1.807) is 0 Å². The standard InChI is InChI=1S/C10H10F3NO3S/c11-8-2-1-7(9(12)10(8)13)5-14-3-4-17-6-18(14,15)16/h1-2H,3-6H2. The van der Waals surface area contributed by atoms with Crippen LogP contribution in [0, 0.1) is 17.5 Å². The van der Waals surface area contributed by atoms with Gasteiger partial charge in [-0.15, -0.1) is 0 Å². The smallest absolute Gasteiger partial charge is 0.238 e. The van der Waals surface area contributed by atoms with Crippen LogP contribution in [-0.4, -0.2) is 31.8 Å². The topological polar surface area (TPSA) is 46.6 Å². The van der Waals surface area contributed by atoms with Crippen molar-refractivity contribution in [2.45, 2.75) is 6.54 Å². The van der Waals surface area contributed by atoms with Crippen molar-refractivity contribution in [1.29, 1.82) is 0 Å². The van der Waals surface area contributed by atoms with Crippen LogP contribution in [0.25, 0.3) is 0 Å². The van der Waals surface area contributed by atoms with E-state index >= 15 is 0 Å². The summed E-state index contributed by atoms with van der Waals surface area (Å²) in [4.78, 5) is 0. The highest BCUT2D eigenvalue weighted by atomic mass is 32.2. The fourth-order valence-electron chi connectivity index (χ4n) is 1.60. The third-order valence-corrected chi connectivity index (χ3v) is 4.14. The molecule has 0 amide bonds. The SMILES string of the molecule is O=S1(=O)COCCN1Cc1ccc(F)c(F)c1F. The molecule has 1 fully saturated rings. The molecule has 8 heteroatoms. The van der Waals surface area contributed by atoms with E-state index in [1.807, 2.05) is 0 Å². The fourth-order valence-corrected chi connectivity index (χ4v) is 2.77. The van der Waals surface area contributed by atoms with E-state index in [2.05, 4.69) is 0 Å². The lowest BCUT2D eigenvalue weighted by molar-refractivity contribution is 0.130. The molecular weight excluding hydrogens is 271 g/mol. The van der Waals surface area contributed by atoms with Gasteiger partial charge in [0.25, 0.3) is 0 Å². The van der Waals surface area contributed by atoms with E-state index in [-0.39, 0.29) is 25.3 Å². The lowest BCUT2D eigenvalue weighted by Crippen LogP contribution is -2.40. The molecule has 1 saturated heterocycles. The van der Waals surface area contributed by atoms with E-state index < -0.39 is 33.4 Å². The van der Waals surface area contributed by atoms with Crippen molar-refractivity contribution in [3.05, 3.63) is 35.1 Å². The largest absolute Gasteiger partial charge is 0.363 e. The van der Waals surface area contributed by atoms with Crippen LogP contribution in [-0.2, 0) is 21.3 Å². The number of hydrogen-bond donors (Lipinski definition) is 0. The molecule has 4 nitrogen and oxygen atoms in total. The van der Waals surface area contributed by atoms with E-state index in [1.165, 1.54) is 0 Å². The predicted octanol–water partition coefficient (Wildman–Crippen LogP) is 1.22. The summed E-state index contributed by atoms with van der Waals surface area (Å²) in [6.07, 6.45) is 0. The van der Waals surface area contributed by atoms with Gasteiger partial charge >= 0.3 is 0 Å². The van der Waals surface area contributed by atoms with Gasteiger partial charge in [-0.25, -0.2) is 21.6 Å². The molecule has 1 heterocycles. The highest BCUT2D eigenvalue weighted by Crippen LogP contribution is 2.19. The van der Waals surface area contributed by atoms with E-state index in [0.29, 0.717) is 0 Å². The van der Waals surface area contributed by atoms with Gasteiger partial charge in [0.15, 0.2) is 23.4 Å². The first-order chi connectivity index (χ1) is 8.42. The Kier molecular flexibility index (Phi) is 3.60. The van der Waals surface area contributed by atoms with Gasteiger partial charge in [0.05, 0.1) is 6.61 Å². The zero-order valence-corrected chi connectivity index (χ0v) is 10.0. The molecule has 1 aromatic carbocycles. The Morgan fingerprint density at radius 2 is 1.94 bits per heavy atom. The molecule has 0 bridgehead atoms. The predicted molar refractivity (Wildman–Crippen MR) is 56.5 cm³/mol. The Morgan fingerprint density at radius 3 is 2.61 bits per heavy atom. The van der Waals surface area contributed by atoms with Crippen molar-refractivity contribution in [3.63, 3.8) is 0 Å². The first kappa shape index (κ1) is 13.3. The van der Waals surface area contributed by atoms with Crippen molar-refractivity contribution in [3.8, 4) is 0 Å². The van der Waals surface area contributed by atoms with Crippen molar-refractivity contribution in [1.82, 2.24) is 4.31 Å². The average molecular weight is 281 g/mol. The van der Waals surface area contributed by atoms with Crippen LogP contribution in [0.2, 0.25) is 0 Å². The Hall–Kier alpha value is -1.12. The summed E-state index contributed by atoms with van der Waals surface area (Å²) in [5.74, 6) is -4.76. The summed E-state index contributed by atoms with van der Waals surface area (Å²) in [7, 11) is -3.63. The van der Waals surface area contributed by atoms with Crippen LogP contribution in [0.3, 0.4) is 0 Å². The van der Waals surface area contributed by atoms with Crippen LogP contribution in [0.5, 0.6) is 0 Å². The maximum Gasteiger partial charge on any atom is 0.238 e. The maximum atomic E-state index is 13.4. The number of benzene rings is 1. The van der Waals surface area contributed by atoms with Crippen LogP contribution in [0.1, 0.15) is 5.56 Å². The van der Waals surface area contributed by atoms with Crippen LogP contribution >= 0.6 is 0 Å². The molecule has 0 radical (unpaired) electrons. The molecule has 0 atom stereocenters. The monoisotopic (exact) mass is 281 g/mol. The minimum Gasteiger partial charge on any atom is -0.363 e. The molecule has 0 N–H and O–H groups in total. The molecule has 1 aliphatic rings. The van der Waals surface area contributed by atoms with Gasteiger partial charge in [-0.3, -0.25) is 0 Å². The zero-order valence-electron chi connectivity index (χ0n) is 9.20. The van der Waals surface area contributed by atoms with E-state index in [0.717, 1.165) is 16.4 Å². The number of rotatable bonds is 2. The molecule has 100 valence electrons. The van der Waals surface area contributed by atoms with E-state index in [4.69, 9.17) is 4.74 Å². The van der Waals surface area contributed by atoms with Gasteiger partial charge in [0, 0.05) is 18.7 Å². The third kappa shape index (κ3) is 2.50. The number of nitrogens with zero attached hydrogens (tertiary/aromatic N) is 1. The fraction of sp³-hybridized carbons (Fsp3) is 0.400. The lowest BCUT2D eigenvalue weighted by atomic mass is 10.2. The molecule has 2 rings (SSSR count). The summed E-state index contributed by atoms with van der Waals surface area (Å²) >= 11 is 0. The lowest BCUT2D eigenvalue weighted by Gasteiger charge is -2.26. The summed E-state index contributed by atoms with van der Waals surface area (Å²) in [6.45, 7) is -0.0972. The quantitative estimate of drug-likeness (QED) is 0.766. The van der Waals surface area contributed by atoms with Gasteiger partial charge in [-0.1, -0.05) is 6.07 Å². The number of hydrogen-bond acceptors (Lipinski definition) is 3. The second-order valence-corrected chi connectivity index (χ2v) is 5.72. The Labute approximate surface area is 102 Å². The molecule has 0 saturated carbocycles. The second-order valence-electron chi connectivity index (χ2n) is 3.81. The van der Waals surface area contributed by atoms with Crippen LogP contribution in [0.4, 0.5) is 13.2 Å². The second kappa shape index (κ2) is 4.87. The van der Waals surface area contributed by atoms with Gasteiger partial charge < -0.3 is 4.74 Å². The first-order valence-electron chi connectivity index (χ1n) is 5.10. The van der Waals surface area contributed by atoms with Gasteiger partial charge in [0.1, 0.15) is 0 Å². The Morgan fingerprint density at radius 1 is 1.22 bits per heavy atom. The molecule has 0 spiro atoms. The van der Waals surface area contributed by atoms with Crippen LogP contribution < -0.4 is 0 Å². The number of ether oxygens (including phenoxy) is 1. The molecule has 0 aliphatic carbocycles. The Bertz CT molecular complexity index is 562. The summed E-state index contributed by atoms with van der Waals surface area (Å²) in [5.41, 5.74) is -0.209. The van der Waals surface area contributed by atoms with Crippen molar-refractivity contribution >= 4 is 10.0 Å². The van der Waals surface area contributed by atoms with E-state index in [9.17, 15) is 21.6 Å². The normalized spacial score (nSPS) is 19.9. The number of halogens is 3. The molecule has 0 aromatic heterocycles. The Balaban J connectivity index is 2.27. The minimum atomic E-state index is -3.63. The zero-order chi connectivity index (χ0) is 13.3. The van der Waals surface area contributed by atoms with Gasteiger partial charge in [0.2, 0.25) is 10.0 Å². The van der Waals surface area contributed by atoms with Crippen molar-refractivity contribution in [2.75, 3.05) is 19.1 Å². The van der Waals surface area contributed by atoms with Crippen molar-refractivity contribution < 1.29 is 26.3 Å². The highest BCUT2D eigenvalue weighted by molar-refractivity contribution is 7.88. The number of sulfonamides is 1. The molecular formula is C10H10F3NO3S. The maximum absolute atomic E-state index is 13.4. The average Bonchev–Trinajstić information content (AvgIpc) is 2.32. The molecule has 18 heavy (non-hydrogen) atoms. The van der Waals surface area contributed by atoms with Crippen LogP contribution in [0.15, 0.2) is 12.1 Å². The van der Waals surface area contributed by atoms with Crippen molar-refractivity contribution in [2.24, 2.45) is 0 Å². The minimum absolute atomic E-state index is 0.0563.